The van der Waals surface area contributed by atoms with Crippen LogP contribution in [0, 0.1) is 5.92 Å². The molecular formula is C19H22Cl2N4O2. The van der Waals surface area contributed by atoms with Gasteiger partial charge >= 0.3 is 0 Å². The fourth-order valence-corrected chi connectivity index (χ4v) is 3.68. The number of aryl methyl sites for hydroxylation is 1. The van der Waals surface area contributed by atoms with Gasteiger partial charge in [-0.2, -0.15) is 5.10 Å². The Morgan fingerprint density at radius 2 is 2.00 bits per heavy atom. The van der Waals surface area contributed by atoms with Gasteiger partial charge in [-0.05, 0) is 36.5 Å². The zero-order chi connectivity index (χ0) is 19.4. The number of carbonyl (C=O) groups excluding carboxylic acids is 2. The second-order valence-corrected chi connectivity index (χ2v) is 7.69. The van der Waals surface area contributed by atoms with Crippen LogP contribution in [0.4, 0.5) is 0 Å². The van der Waals surface area contributed by atoms with E-state index in [2.05, 4.69) is 10.4 Å². The summed E-state index contributed by atoms with van der Waals surface area (Å²) in [4.78, 5) is 26.5. The number of nitrogens with one attached hydrogen (secondary N) is 1. The quantitative estimate of drug-likeness (QED) is 0.826. The molecule has 0 radical (unpaired) electrons. The molecule has 0 unspecified atom stereocenters. The van der Waals surface area contributed by atoms with Crippen LogP contribution in [-0.2, 0) is 18.3 Å². The summed E-state index contributed by atoms with van der Waals surface area (Å²) in [6, 6.07) is 5.19. The highest BCUT2D eigenvalue weighted by Crippen LogP contribution is 2.23. The average Bonchev–Trinajstić information content (AvgIpc) is 3.09. The third-order valence-corrected chi connectivity index (χ3v) is 5.43. The van der Waals surface area contributed by atoms with Gasteiger partial charge in [0.1, 0.15) is 0 Å². The number of benzene rings is 1. The van der Waals surface area contributed by atoms with Gasteiger partial charge in [0.2, 0.25) is 5.91 Å². The van der Waals surface area contributed by atoms with Crippen LogP contribution in [0.2, 0.25) is 10.0 Å². The highest BCUT2D eigenvalue weighted by atomic mass is 35.5. The number of likely N-dealkylation sites (tertiary alicyclic amines) is 1. The predicted octanol–water partition coefficient (Wildman–Crippen LogP) is 2.94. The minimum Gasteiger partial charge on any atom is -0.352 e. The van der Waals surface area contributed by atoms with Crippen LogP contribution >= 0.6 is 23.2 Å². The van der Waals surface area contributed by atoms with Crippen LogP contribution in [-0.4, -0.2) is 46.1 Å². The minimum atomic E-state index is -0.112. The Labute approximate surface area is 168 Å². The molecule has 2 amide bonds. The number of aromatic nitrogens is 2. The molecule has 3 rings (SSSR count). The molecule has 1 N–H and O–H groups in total. The smallest absolute Gasteiger partial charge is 0.254 e. The van der Waals surface area contributed by atoms with Crippen molar-refractivity contribution in [1.82, 2.24) is 20.0 Å². The van der Waals surface area contributed by atoms with E-state index < -0.39 is 0 Å². The Morgan fingerprint density at radius 1 is 1.26 bits per heavy atom. The van der Waals surface area contributed by atoms with Crippen molar-refractivity contribution < 1.29 is 9.59 Å². The van der Waals surface area contributed by atoms with Gasteiger partial charge in [0.25, 0.3) is 5.91 Å². The van der Waals surface area contributed by atoms with Gasteiger partial charge in [-0.3, -0.25) is 14.3 Å². The van der Waals surface area contributed by atoms with Crippen molar-refractivity contribution in [3.05, 3.63) is 51.8 Å². The lowest BCUT2D eigenvalue weighted by Gasteiger charge is -2.32. The summed E-state index contributed by atoms with van der Waals surface area (Å²) >= 11 is 12.1. The second-order valence-electron chi connectivity index (χ2n) is 6.85. The number of rotatable bonds is 5. The molecule has 1 aliphatic rings. The van der Waals surface area contributed by atoms with Gasteiger partial charge in [0.05, 0.1) is 18.2 Å². The van der Waals surface area contributed by atoms with Crippen molar-refractivity contribution in [2.45, 2.75) is 19.3 Å². The van der Waals surface area contributed by atoms with E-state index in [1.165, 1.54) is 0 Å². The van der Waals surface area contributed by atoms with E-state index in [9.17, 15) is 9.59 Å². The van der Waals surface area contributed by atoms with Crippen molar-refractivity contribution in [1.29, 1.82) is 0 Å². The fourth-order valence-electron chi connectivity index (χ4n) is 3.20. The summed E-state index contributed by atoms with van der Waals surface area (Å²) < 4.78 is 1.60. The molecule has 27 heavy (non-hydrogen) atoms. The van der Waals surface area contributed by atoms with E-state index in [0.717, 1.165) is 18.4 Å². The Hall–Kier alpha value is -2.05. The largest absolute Gasteiger partial charge is 0.352 e. The predicted molar refractivity (Wildman–Crippen MR) is 105 cm³/mol. The normalized spacial score (nSPS) is 15.0. The maximum atomic E-state index is 12.5. The van der Waals surface area contributed by atoms with Crippen molar-refractivity contribution in [2.75, 3.05) is 19.6 Å². The van der Waals surface area contributed by atoms with E-state index in [0.29, 0.717) is 41.2 Å². The summed E-state index contributed by atoms with van der Waals surface area (Å²) in [6.07, 6.45) is 5.26. The number of amides is 2. The summed E-state index contributed by atoms with van der Waals surface area (Å²) in [5.74, 6) is 0.324. The van der Waals surface area contributed by atoms with E-state index >= 15 is 0 Å². The molecule has 0 aliphatic carbocycles. The van der Waals surface area contributed by atoms with Crippen LogP contribution in [0.25, 0.3) is 0 Å². The van der Waals surface area contributed by atoms with Gasteiger partial charge in [0.15, 0.2) is 0 Å². The van der Waals surface area contributed by atoms with Crippen molar-refractivity contribution in [2.24, 2.45) is 13.0 Å². The number of piperidine rings is 1. The first kappa shape index (κ1) is 19.7. The Morgan fingerprint density at radius 3 is 2.63 bits per heavy atom. The highest BCUT2D eigenvalue weighted by Gasteiger charge is 2.24. The third kappa shape index (κ3) is 5.23. The maximum Gasteiger partial charge on any atom is 0.254 e. The molecule has 0 spiro atoms. The molecule has 0 bridgehead atoms. The van der Waals surface area contributed by atoms with E-state index in [4.69, 9.17) is 23.2 Å². The van der Waals surface area contributed by atoms with Crippen LogP contribution < -0.4 is 5.32 Å². The highest BCUT2D eigenvalue weighted by molar-refractivity contribution is 6.35. The van der Waals surface area contributed by atoms with Crippen LogP contribution in [0.15, 0.2) is 30.6 Å². The molecule has 6 nitrogen and oxygen atoms in total. The van der Waals surface area contributed by atoms with Crippen LogP contribution in [0.3, 0.4) is 0 Å². The van der Waals surface area contributed by atoms with Gasteiger partial charge in [-0.1, -0.05) is 29.3 Å². The number of hydrogen-bond acceptors (Lipinski definition) is 3. The minimum absolute atomic E-state index is 0.0667. The first-order valence-corrected chi connectivity index (χ1v) is 9.66. The maximum absolute atomic E-state index is 12.5. The molecule has 2 aromatic rings. The molecule has 8 heteroatoms. The summed E-state index contributed by atoms with van der Waals surface area (Å²) in [6.45, 7) is 1.99. The SMILES string of the molecule is Cn1cc(C(=O)NCC2CCN(C(=O)Cc3ccc(Cl)cc3Cl)CC2)cn1. The molecule has 0 atom stereocenters. The van der Waals surface area contributed by atoms with Crippen molar-refractivity contribution in [3.63, 3.8) is 0 Å². The fraction of sp³-hybridized carbons (Fsp3) is 0.421. The number of hydrogen-bond donors (Lipinski definition) is 1. The number of carbonyl (C=O) groups is 2. The first-order chi connectivity index (χ1) is 12.9. The molecule has 1 aromatic heterocycles. The molecule has 1 aliphatic heterocycles. The van der Waals surface area contributed by atoms with Crippen LogP contribution in [0.5, 0.6) is 0 Å². The molecule has 1 aromatic carbocycles. The number of halogens is 2. The Bertz CT molecular complexity index is 829. The van der Waals surface area contributed by atoms with E-state index in [1.54, 1.807) is 42.3 Å². The van der Waals surface area contributed by atoms with Gasteiger partial charge in [0, 0.05) is 42.9 Å². The molecule has 144 valence electrons. The Balaban J connectivity index is 1.44. The first-order valence-electron chi connectivity index (χ1n) is 8.91. The Kier molecular flexibility index (Phi) is 6.39. The summed E-state index contributed by atoms with van der Waals surface area (Å²) in [5.41, 5.74) is 1.35. The zero-order valence-electron chi connectivity index (χ0n) is 15.1. The van der Waals surface area contributed by atoms with Crippen molar-refractivity contribution >= 4 is 35.0 Å². The van der Waals surface area contributed by atoms with Crippen LogP contribution in [0.1, 0.15) is 28.8 Å². The molecule has 1 saturated heterocycles. The van der Waals surface area contributed by atoms with Gasteiger partial charge < -0.3 is 10.2 Å². The number of nitrogens with zero attached hydrogens (tertiary/aromatic N) is 3. The average molecular weight is 409 g/mol. The van der Waals surface area contributed by atoms with Gasteiger partial charge in [-0.15, -0.1) is 0 Å². The molecule has 2 heterocycles. The second kappa shape index (κ2) is 8.76. The lowest BCUT2D eigenvalue weighted by Crippen LogP contribution is -2.42. The van der Waals surface area contributed by atoms with Crippen molar-refractivity contribution in [3.8, 4) is 0 Å². The molecule has 1 fully saturated rings. The third-order valence-electron chi connectivity index (χ3n) is 4.84. The zero-order valence-corrected chi connectivity index (χ0v) is 16.6. The van der Waals surface area contributed by atoms with E-state index in [1.807, 2.05) is 4.90 Å². The monoisotopic (exact) mass is 408 g/mol. The lowest BCUT2D eigenvalue weighted by atomic mass is 9.96. The van der Waals surface area contributed by atoms with Gasteiger partial charge in [-0.25, -0.2) is 0 Å². The van der Waals surface area contributed by atoms with E-state index in [-0.39, 0.29) is 18.2 Å². The lowest BCUT2D eigenvalue weighted by molar-refractivity contribution is -0.131. The summed E-state index contributed by atoms with van der Waals surface area (Å²) in [7, 11) is 1.78. The molecular weight excluding hydrogens is 387 g/mol. The summed E-state index contributed by atoms with van der Waals surface area (Å²) in [5, 5.41) is 8.03. The topological polar surface area (TPSA) is 67.2 Å². The standard InChI is InChI=1S/C19H22Cl2N4O2/c1-24-12-15(11-23-24)19(27)22-10-13-4-6-25(7-5-13)18(26)8-14-2-3-16(20)9-17(14)21/h2-3,9,11-13H,4-8,10H2,1H3,(H,22,27). The molecule has 0 saturated carbocycles.